The summed E-state index contributed by atoms with van der Waals surface area (Å²) in [4.78, 5) is 37.7. The Morgan fingerprint density at radius 1 is 1.22 bits per heavy atom. The van der Waals surface area contributed by atoms with Gasteiger partial charge < -0.3 is 16.4 Å². The molecule has 0 aromatic carbocycles. The first-order valence-corrected chi connectivity index (χ1v) is 4.87. The summed E-state index contributed by atoms with van der Waals surface area (Å²) in [5.74, 6) is -3.38. The Morgan fingerprint density at radius 3 is 2.22 bits per heavy atom. The fraction of sp³-hybridized carbons (Fsp3) is 0.200. The lowest BCUT2D eigenvalue weighted by atomic mass is 10.2. The zero-order valence-electron chi connectivity index (χ0n) is 9.30. The van der Waals surface area contributed by atoms with Crippen LogP contribution in [-0.2, 0) is 9.59 Å². The number of halogens is 1. The van der Waals surface area contributed by atoms with E-state index >= 15 is 0 Å². The molecule has 0 aliphatic carbocycles. The van der Waals surface area contributed by atoms with Gasteiger partial charge >= 0.3 is 0 Å². The van der Waals surface area contributed by atoms with Crippen LogP contribution in [0.15, 0.2) is 18.5 Å². The highest BCUT2D eigenvalue weighted by atomic mass is 19.1. The van der Waals surface area contributed by atoms with Gasteiger partial charge in [-0.25, -0.2) is 4.39 Å². The van der Waals surface area contributed by atoms with Crippen molar-refractivity contribution in [1.29, 1.82) is 0 Å². The number of amides is 3. The molecule has 0 atom stereocenters. The first-order valence-electron chi connectivity index (χ1n) is 4.87. The molecule has 8 heteroatoms. The summed E-state index contributed by atoms with van der Waals surface area (Å²) < 4.78 is 13.3. The molecular weight excluding hydrogens is 243 g/mol. The summed E-state index contributed by atoms with van der Waals surface area (Å²) in [5.41, 5.74) is 9.55. The van der Waals surface area contributed by atoms with E-state index in [0.29, 0.717) is 0 Å². The predicted octanol–water partition coefficient (Wildman–Crippen LogP) is -1.37. The average molecular weight is 254 g/mol. The molecule has 0 saturated heterocycles. The van der Waals surface area contributed by atoms with E-state index in [-0.39, 0.29) is 5.56 Å². The molecule has 1 rings (SSSR count). The standard InChI is InChI=1S/C10H11FN4O3/c11-7-3-14-2-1-6(7)10(18)15(4-8(12)16)5-9(13)17/h1-3H,4-5H2,(H2,12,16)(H2,13,17). The molecule has 0 fully saturated rings. The lowest BCUT2D eigenvalue weighted by molar-refractivity contribution is -0.121. The molecule has 0 saturated carbocycles. The monoisotopic (exact) mass is 254 g/mol. The van der Waals surface area contributed by atoms with Gasteiger partial charge in [-0.3, -0.25) is 19.4 Å². The number of carbonyl (C=O) groups is 3. The minimum atomic E-state index is -0.860. The van der Waals surface area contributed by atoms with Crippen LogP contribution in [0.5, 0.6) is 0 Å². The lowest BCUT2D eigenvalue weighted by Crippen LogP contribution is -2.43. The van der Waals surface area contributed by atoms with E-state index in [1.54, 1.807) is 0 Å². The number of nitrogens with zero attached hydrogens (tertiary/aromatic N) is 2. The minimum Gasteiger partial charge on any atom is -0.368 e. The van der Waals surface area contributed by atoms with Crippen LogP contribution < -0.4 is 11.5 Å². The van der Waals surface area contributed by atoms with Gasteiger partial charge in [-0.15, -0.1) is 0 Å². The zero-order valence-corrected chi connectivity index (χ0v) is 9.30. The fourth-order valence-corrected chi connectivity index (χ4v) is 1.29. The van der Waals surface area contributed by atoms with Crippen LogP contribution >= 0.6 is 0 Å². The molecule has 0 unspecified atom stereocenters. The van der Waals surface area contributed by atoms with Gasteiger partial charge in [0.15, 0.2) is 5.82 Å². The van der Waals surface area contributed by atoms with E-state index in [9.17, 15) is 18.8 Å². The van der Waals surface area contributed by atoms with Crippen molar-refractivity contribution in [3.8, 4) is 0 Å². The maximum Gasteiger partial charge on any atom is 0.257 e. The van der Waals surface area contributed by atoms with Crippen LogP contribution in [-0.4, -0.2) is 40.7 Å². The molecule has 3 amide bonds. The molecule has 4 N–H and O–H groups in total. The van der Waals surface area contributed by atoms with Crippen LogP contribution in [0.25, 0.3) is 0 Å². The highest BCUT2D eigenvalue weighted by Gasteiger charge is 2.22. The van der Waals surface area contributed by atoms with Gasteiger partial charge in [0, 0.05) is 6.20 Å². The number of pyridine rings is 1. The van der Waals surface area contributed by atoms with Crippen molar-refractivity contribution in [2.24, 2.45) is 11.5 Å². The zero-order chi connectivity index (χ0) is 13.7. The maximum atomic E-state index is 13.3. The first kappa shape index (κ1) is 13.6. The third-order valence-corrected chi connectivity index (χ3v) is 1.98. The number of nitrogens with two attached hydrogens (primary N) is 2. The Kier molecular flexibility index (Phi) is 4.30. The second-order valence-electron chi connectivity index (χ2n) is 3.45. The van der Waals surface area contributed by atoms with E-state index in [2.05, 4.69) is 4.98 Å². The Balaban J connectivity index is 2.98. The summed E-state index contributed by atoms with van der Waals surface area (Å²) >= 11 is 0. The van der Waals surface area contributed by atoms with Crippen LogP contribution in [0.1, 0.15) is 10.4 Å². The smallest absolute Gasteiger partial charge is 0.257 e. The summed E-state index contributed by atoms with van der Waals surface area (Å²) in [5, 5.41) is 0. The number of aromatic nitrogens is 1. The molecule has 18 heavy (non-hydrogen) atoms. The second kappa shape index (κ2) is 5.71. The molecule has 1 aromatic heterocycles. The molecule has 96 valence electrons. The summed E-state index contributed by atoms with van der Waals surface area (Å²) in [6.07, 6.45) is 2.06. The molecular formula is C10H11FN4O3. The SMILES string of the molecule is NC(=O)CN(CC(N)=O)C(=O)c1ccncc1F. The van der Waals surface area contributed by atoms with Gasteiger partial charge in [-0.2, -0.15) is 0 Å². The first-order chi connectivity index (χ1) is 8.41. The van der Waals surface area contributed by atoms with Crippen LogP contribution in [0, 0.1) is 5.82 Å². The number of carbonyl (C=O) groups excluding carboxylic acids is 3. The quantitative estimate of drug-likeness (QED) is 0.673. The highest BCUT2D eigenvalue weighted by Crippen LogP contribution is 2.08. The average Bonchev–Trinajstić information content (AvgIpc) is 2.26. The van der Waals surface area contributed by atoms with E-state index < -0.39 is 36.6 Å². The van der Waals surface area contributed by atoms with Crippen molar-refractivity contribution in [2.45, 2.75) is 0 Å². The van der Waals surface area contributed by atoms with Gasteiger partial charge in [-0.05, 0) is 6.07 Å². The van der Waals surface area contributed by atoms with Crippen molar-refractivity contribution < 1.29 is 18.8 Å². The summed E-state index contributed by atoms with van der Waals surface area (Å²) in [7, 11) is 0. The van der Waals surface area contributed by atoms with E-state index in [1.807, 2.05) is 0 Å². The van der Waals surface area contributed by atoms with Gasteiger partial charge in [0.05, 0.1) is 11.8 Å². The van der Waals surface area contributed by atoms with Crippen molar-refractivity contribution in [3.05, 3.63) is 29.8 Å². The molecule has 1 heterocycles. The molecule has 0 spiro atoms. The van der Waals surface area contributed by atoms with Crippen LogP contribution in [0.2, 0.25) is 0 Å². The molecule has 0 radical (unpaired) electrons. The minimum absolute atomic E-state index is 0.312. The topological polar surface area (TPSA) is 119 Å². The highest BCUT2D eigenvalue weighted by molar-refractivity contribution is 5.98. The molecule has 0 aliphatic rings. The number of hydrogen-bond acceptors (Lipinski definition) is 4. The van der Waals surface area contributed by atoms with Crippen molar-refractivity contribution in [2.75, 3.05) is 13.1 Å². The van der Waals surface area contributed by atoms with E-state index in [4.69, 9.17) is 11.5 Å². The molecule has 0 bridgehead atoms. The van der Waals surface area contributed by atoms with Crippen molar-refractivity contribution >= 4 is 17.7 Å². The maximum absolute atomic E-state index is 13.3. The van der Waals surface area contributed by atoms with E-state index in [0.717, 1.165) is 17.2 Å². The lowest BCUT2D eigenvalue weighted by Gasteiger charge is -2.19. The predicted molar refractivity (Wildman–Crippen MR) is 58.5 cm³/mol. The van der Waals surface area contributed by atoms with Gasteiger partial charge in [0.2, 0.25) is 11.8 Å². The van der Waals surface area contributed by atoms with Gasteiger partial charge in [0.25, 0.3) is 5.91 Å². The Bertz CT molecular complexity index is 476. The fourth-order valence-electron chi connectivity index (χ4n) is 1.29. The summed E-state index contributed by atoms with van der Waals surface area (Å²) in [6, 6.07) is 1.13. The Morgan fingerprint density at radius 2 is 1.78 bits per heavy atom. The largest absolute Gasteiger partial charge is 0.368 e. The van der Waals surface area contributed by atoms with Gasteiger partial charge in [0.1, 0.15) is 13.1 Å². The number of hydrogen-bond donors (Lipinski definition) is 2. The van der Waals surface area contributed by atoms with Crippen molar-refractivity contribution in [1.82, 2.24) is 9.88 Å². The number of rotatable bonds is 5. The third kappa shape index (κ3) is 3.51. The Hall–Kier alpha value is -2.51. The van der Waals surface area contributed by atoms with Crippen molar-refractivity contribution in [3.63, 3.8) is 0 Å². The Labute approximate surface area is 102 Å². The van der Waals surface area contributed by atoms with Crippen LogP contribution in [0.4, 0.5) is 4.39 Å². The normalized spacial score (nSPS) is 9.83. The second-order valence-corrected chi connectivity index (χ2v) is 3.45. The molecule has 1 aromatic rings. The third-order valence-electron chi connectivity index (χ3n) is 1.98. The van der Waals surface area contributed by atoms with Gasteiger partial charge in [-0.1, -0.05) is 0 Å². The number of primary amides is 2. The molecule has 0 aliphatic heterocycles. The summed E-state index contributed by atoms with van der Waals surface area (Å²) in [6.45, 7) is -1.05. The van der Waals surface area contributed by atoms with E-state index in [1.165, 1.54) is 6.20 Å². The van der Waals surface area contributed by atoms with Crippen LogP contribution in [0.3, 0.4) is 0 Å². The molecule has 7 nitrogen and oxygen atoms in total.